The molecule has 0 bridgehead atoms. The summed E-state index contributed by atoms with van der Waals surface area (Å²) in [6.45, 7) is 9.62. The minimum absolute atomic E-state index is 0.475. The molecule has 0 saturated heterocycles. The fourth-order valence-corrected chi connectivity index (χ4v) is 2.57. The summed E-state index contributed by atoms with van der Waals surface area (Å²) < 4.78 is 0. The van der Waals surface area contributed by atoms with Gasteiger partial charge in [0.05, 0.1) is 0 Å². The Morgan fingerprint density at radius 2 is 2.11 bits per heavy atom. The Morgan fingerprint density at radius 3 is 2.68 bits per heavy atom. The molecule has 1 N–H and O–H groups in total. The number of hydrogen-bond acceptors (Lipinski definition) is 2. The molecule has 0 radical (unpaired) electrons. The number of halogens is 1. The van der Waals surface area contributed by atoms with Gasteiger partial charge in [-0.1, -0.05) is 31.5 Å². The molecule has 0 aliphatic heterocycles. The first kappa shape index (κ1) is 14.7. The summed E-state index contributed by atoms with van der Waals surface area (Å²) in [7, 11) is 0. The van der Waals surface area contributed by atoms with Crippen LogP contribution in [-0.4, -0.2) is 19.1 Å². The van der Waals surface area contributed by atoms with E-state index in [1.807, 2.05) is 6.07 Å². The maximum absolute atomic E-state index is 6.40. The molecule has 1 aromatic carbocycles. The van der Waals surface area contributed by atoms with E-state index in [0.717, 1.165) is 24.0 Å². The number of hydrogen-bond donors (Lipinski definition) is 1. The monoisotopic (exact) mass is 280 g/mol. The van der Waals surface area contributed by atoms with Crippen molar-refractivity contribution in [2.24, 2.45) is 5.92 Å². The zero-order chi connectivity index (χ0) is 13.8. The van der Waals surface area contributed by atoms with Crippen LogP contribution in [-0.2, 0) is 6.54 Å². The first-order valence-electron chi connectivity index (χ1n) is 7.37. The van der Waals surface area contributed by atoms with Gasteiger partial charge in [-0.05, 0) is 37.8 Å². The van der Waals surface area contributed by atoms with Gasteiger partial charge in [0.25, 0.3) is 0 Å². The quantitative estimate of drug-likeness (QED) is 0.810. The predicted molar refractivity (Wildman–Crippen MR) is 84.0 cm³/mol. The van der Waals surface area contributed by atoms with E-state index < -0.39 is 0 Å². The molecular formula is C16H25ClN2. The normalized spacial score (nSPS) is 15.0. The van der Waals surface area contributed by atoms with E-state index >= 15 is 0 Å². The van der Waals surface area contributed by atoms with Crippen LogP contribution in [0.15, 0.2) is 18.2 Å². The van der Waals surface area contributed by atoms with E-state index in [9.17, 15) is 0 Å². The van der Waals surface area contributed by atoms with Crippen molar-refractivity contribution < 1.29 is 0 Å². The maximum Gasteiger partial charge on any atom is 0.0471 e. The van der Waals surface area contributed by atoms with E-state index in [4.69, 9.17) is 11.6 Å². The summed E-state index contributed by atoms with van der Waals surface area (Å²) >= 11 is 6.40. The van der Waals surface area contributed by atoms with Crippen LogP contribution >= 0.6 is 11.6 Å². The highest BCUT2D eigenvalue weighted by Crippen LogP contribution is 2.34. The van der Waals surface area contributed by atoms with Gasteiger partial charge in [0.15, 0.2) is 0 Å². The number of anilines is 1. The third-order valence-corrected chi connectivity index (χ3v) is 4.03. The smallest absolute Gasteiger partial charge is 0.0471 e. The first-order valence-corrected chi connectivity index (χ1v) is 7.75. The molecule has 2 rings (SSSR count). The molecule has 106 valence electrons. The Labute approximate surface area is 122 Å². The summed E-state index contributed by atoms with van der Waals surface area (Å²) in [6.07, 6.45) is 2.77. The predicted octanol–water partition coefficient (Wildman–Crippen LogP) is 4.07. The molecule has 0 unspecified atom stereocenters. The zero-order valence-electron chi connectivity index (χ0n) is 12.2. The fraction of sp³-hybridized carbons (Fsp3) is 0.625. The summed E-state index contributed by atoms with van der Waals surface area (Å²) in [5.41, 5.74) is 2.54. The highest BCUT2D eigenvalue weighted by molar-refractivity contribution is 6.31. The number of benzene rings is 1. The van der Waals surface area contributed by atoms with E-state index in [1.165, 1.54) is 30.6 Å². The van der Waals surface area contributed by atoms with Crippen LogP contribution in [0.1, 0.15) is 39.2 Å². The van der Waals surface area contributed by atoms with Crippen LogP contribution in [0.25, 0.3) is 0 Å². The van der Waals surface area contributed by atoms with Gasteiger partial charge < -0.3 is 10.2 Å². The van der Waals surface area contributed by atoms with E-state index in [1.54, 1.807) is 0 Å². The molecule has 3 heteroatoms. The van der Waals surface area contributed by atoms with Gasteiger partial charge in [-0.15, -0.1) is 0 Å². The highest BCUT2D eigenvalue weighted by atomic mass is 35.5. The number of nitrogens with one attached hydrogen (secondary N) is 1. The largest absolute Gasteiger partial charge is 0.371 e. The molecule has 1 aliphatic rings. The van der Waals surface area contributed by atoms with Crippen LogP contribution in [0.5, 0.6) is 0 Å². The number of rotatable bonds is 7. The molecule has 0 spiro atoms. The minimum Gasteiger partial charge on any atom is -0.371 e. The van der Waals surface area contributed by atoms with E-state index in [2.05, 4.69) is 43.1 Å². The molecule has 1 aromatic rings. The van der Waals surface area contributed by atoms with Crippen LogP contribution in [0.3, 0.4) is 0 Å². The van der Waals surface area contributed by atoms with Gasteiger partial charge in [-0.25, -0.2) is 0 Å². The topological polar surface area (TPSA) is 15.3 Å². The molecule has 19 heavy (non-hydrogen) atoms. The molecule has 0 atom stereocenters. The van der Waals surface area contributed by atoms with Crippen molar-refractivity contribution in [3.63, 3.8) is 0 Å². The van der Waals surface area contributed by atoms with Crippen molar-refractivity contribution in [2.75, 3.05) is 18.0 Å². The molecular weight excluding hydrogens is 256 g/mol. The molecule has 1 fully saturated rings. The van der Waals surface area contributed by atoms with Gasteiger partial charge in [0, 0.05) is 41.9 Å². The molecule has 2 nitrogen and oxygen atoms in total. The Hall–Kier alpha value is -0.730. The highest BCUT2D eigenvalue weighted by Gasteiger charge is 2.25. The lowest BCUT2D eigenvalue weighted by atomic mass is 10.1. The van der Waals surface area contributed by atoms with Gasteiger partial charge in [0.2, 0.25) is 0 Å². The average molecular weight is 281 g/mol. The Morgan fingerprint density at radius 1 is 1.37 bits per heavy atom. The second kappa shape index (κ2) is 6.62. The van der Waals surface area contributed by atoms with Crippen molar-refractivity contribution in [1.29, 1.82) is 0 Å². The van der Waals surface area contributed by atoms with Crippen molar-refractivity contribution in [2.45, 2.75) is 46.2 Å². The summed E-state index contributed by atoms with van der Waals surface area (Å²) in [6, 6.07) is 6.73. The maximum atomic E-state index is 6.40. The van der Waals surface area contributed by atoms with Crippen molar-refractivity contribution in [1.82, 2.24) is 5.32 Å². The lowest BCUT2D eigenvalue weighted by molar-refractivity contribution is 0.587. The molecule has 0 aromatic heterocycles. The van der Waals surface area contributed by atoms with Gasteiger partial charge in [-0.2, -0.15) is 0 Å². The lowest BCUT2D eigenvalue weighted by Crippen LogP contribution is -2.28. The van der Waals surface area contributed by atoms with Gasteiger partial charge >= 0.3 is 0 Å². The molecule has 1 saturated carbocycles. The van der Waals surface area contributed by atoms with Crippen molar-refractivity contribution in [3.05, 3.63) is 28.8 Å². The fourth-order valence-electron chi connectivity index (χ4n) is 2.33. The first-order chi connectivity index (χ1) is 9.11. The standard InChI is InChI=1S/C16H25ClN2/c1-4-19(11-13-8-9-13)16-7-5-6-15(17)14(16)10-18-12(2)3/h5-7,12-13,18H,4,8-11H2,1-3H3. The Kier molecular flexibility index (Phi) is 5.12. The minimum atomic E-state index is 0.475. The van der Waals surface area contributed by atoms with E-state index in [0.29, 0.717) is 6.04 Å². The number of nitrogens with zero attached hydrogens (tertiary/aromatic N) is 1. The summed E-state index contributed by atoms with van der Waals surface area (Å²) in [4.78, 5) is 2.47. The molecule has 0 heterocycles. The van der Waals surface area contributed by atoms with Crippen LogP contribution in [0.4, 0.5) is 5.69 Å². The third-order valence-electron chi connectivity index (χ3n) is 3.68. The molecule has 1 aliphatic carbocycles. The summed E-state index contributed by atoms with van der Waals surface area (Å²) in [5.74, 6) is 0.893. The lowest BCUT2D eigenvalue weighted by Gasteiger charge is -2.27. The van der Waals surface area contributed by atoms with Crippen LogP contribution < -0.4 is 10.2 Å². The second-order valence-corrected chi connectivity index (χ2v) is 6.16. The van der Waals surface area contributed by atoms with Gasteiger partial charge in [0.1, 0.15) is 0 Å². The van der Waals surface area contributed by atoms with E-state index in [-0.39, 0.29) is 0 Å². The second-order valence-electron chi connectivity index (χ2n) is 5.76. The Bertz CT molecular complexity index is 413. The summed E-state index contributed by atoms with van der Waals surface area (Å²) in [5, 5.41) is 4.35. The Balaban J connectivity index is 2.18. The SMILES string of the molecule is CCN(CC1CC1)c1cccc(Cl)c1CNC(C)C. The van der Waals surface area contributed by atoms with Crippen LogP contribution in [0.2, 0.25) is 5.02 Å². The average Bonchev–Trinajstić information content (AvgIpc) is 3.18. The van der Waals surface area contributed by atoms with Crippen LogP contribution in [0, 0.1) is 5.92 Å². The van der Waals surface area contributed by atoms with Crippen molar-refractivity contribution >= 4 is 17.3 Å². The van der Waals surface area contributed by atoms with Crippen molar-refractivity contribution in [3.8, 4) is 0 Å². The molecule has 0 amide bonds. The third kappa shape index (κ3) is 4.12. The van der Waals surface area contributed by atoms with Gasteiger partial charge in [-0.3, -0.25) is 0 Å². The zero-order valence-corrected chi connectivity index (χ0v) is 13.0.